The predicted molar refractivity (Wildman–Crippen MR) is 210 cm³/mol. The van der Waals surface area contributed by atoms with E-state index in [1.165, 1.54) is 6.07 Å². The van der Waals surface area contributed by atoms with E-state index in [9.17, 15) is 18.8 Å². The Kier molecular flexibility index (Phi) is 15.1. The number of benzene rings is 3. The summed E-state index contributed by atoms with van der Waals surface area (Å²) < 4.78 is 42.2. The van der Waals surface area contributed by atoms with E-state index in [4.69, 9.17) is 9.47 Å². The van der Waals surface area contributed by atoms with Gasteiger partial charge in [-0.2, -0.15) is 0 Å². The average Bonchev–Trinajstić information content (AvgIpc) is 3.52. The molecule has 2 atom stereocenters. The fourth-order valence-corrected chi connectivity index (χ4v) is 6.59. The Balaban J connectivity index is 1.53. The molecular formula is C42H54F2N4O5Si. The summed E-state index contributed by atoms with van der Waals surface area (Å²) >= 11 is 0. The van der Waals surface area contributed by atoms with E-state index in [2.05, 4.69) is 56.4 Å². The highest BCUT2D eigenvalue weighted by molar-refractivity contribution is 6.76. The van der Waals surface area contributed by atoms with Crippen LogP contribution in [0.15, 0.2) is 91.1 Å². The van der Waals surface area contributed by atoms with E-state index in [0.29, 0.717) is 18.7 Å². The average molecular weight is 761 g/mol. The van der Waals surface area contributed by atoms with Crippen molar-refractivity contribution in [2.24, 2.45) is 5.41 Å². The van der Waals surface area contributed by atoms with Crippen LogP contribution in [-0.2, 0) is 32.2 Å². The third-order valence-corrected chi connectivity index (χ3v) is 10.5. The van der Waals surface area contributed by atoms with Gasteiger partial charge in [0.2, 0.25) is 5.91 Å². The number of hydrogen-bond acceptors (Lipinski definition) is 6. The SMILES string of the molecule is CC(C)(C)C(NCC(CNC(=O)OCC[Si](C)(C)C)NC(=O)CCC(=O)OCc1ccccc1)c1cc(-c2cc(F)ccc2F)cn1Cc1ccccc1. The number of nitrogens with zero attached hydrogens (tertiary/aromatic N) is 1. The standard InChI is InChI=1S/C42H54F2N4O5Si/c1-42(2,3)40(37-23-32(35-24-33(43)17-18-36(35)44)28-48(37)27-30-13-9-7-10-14-30)45-25-34(26-46-41(51)52-21-22-54(4,5)6)47-38(49)19-20-39(50)53-29-31-15-11-8-12-16-31/h7-18,23-24,28,34,40,45H,19-22,25-27,29H2,1-6H3,(H,46,51)(H,47,49). The summed E-state index contributed by atoms with van der Waals surface area (Å²) in [7, 11) is -1.42. The van der Waals surface area contributed by atoms with Crippen LogP contribution in [0.2, 0.25) is 25.7 Å². The van der Waals surface area contributed by atoms with Crippen LogP contribution in [0.25, 0.3) is 11.1 Å². The molecule has 0 saturated carbocycles. The Bertz CT molecular complexity index is 1820. The number of rotatable bonds is 18. The number of amides is 2. The number of ether oxygens (including phenoxy) is 2. The lowest BCUT2D eigenvalue weighted by atomic mass is 9.84. The summed E-state index contributed by atoms with van der Waals surface area (Å²) in [5.74, 6) is -1.94. The maximum absolute atomic E-state index is 15.0. The normalized spacial score (nSPS) is 12.8. The first kappa shape index (κ1) is 41.9. The zero-order chi connectivity index (χ0) is 39.3. The third kappa shape index (κ3) is 13.9. The third-order valence-electron chi connectivity index (χ3n) is 8.84. The summed E-state index contributed by atoms with van der Waals surface area (Å²) in [6.45, 7) is 14.0. The molecule has 2 amide bonds. The topological polar surface area (TPSA) is 111 Å². The van der Waals surface area contributed by atoms with Crippen molar-refractivity contribution in [3.63, 3.8) is 0 Å². The van der Waals surface area contributed by atoms with Crippen molar-refractivity contribution in [3.05, 3.63) is 120 Å². The molecule has 9 nitrogen and oxygen atoms in total. The van der Waals surface area contributed by atoms with Gasteiger partial charge in [0.1, 0.15) is 18.2 Å². The van der Waals surface area contributed by atoms with Gasteiger partial charge in [0.25, 0.3) is 0 Å². The second-order valence-corrected chi connectivity index (χ2v) is 21.5. The van der Waals surface area contributed by atoms with E-state index in [1.807, 2.05) is 77.5 Å². The largest absolute Gasteiger partial charge is 0.461 e. The molecule has 3 aromatic carbocycles. The Morgan fingerprint density at radius 2 is 1.50 bits per heavy atom. The van der Waals surface area contributed by atoms with Crippen LogP contribution < -0.4 is 16.0 Å². The van der Waals surface area contributed by atoms with Gasteiger partial charge in [-0.05, 0) is 46.9 Å². The molecule has 0 aliphatic rings. The summed E-state index contributed by atoms with van der Waals surface area (Å²) in [5, 5.41) is 9.36. The van der Waals surface area contributed by atoms with E-state index < -0.39 is 43.2 Å². The number of esters is 1. The summed E-state index contributed by atoms with van der Waals surface area (Å²) in [6.07, 6.45) is 1.04. The second-order valence-electron chi connectivity index (χ2n) is 15.8. The molecule has 4 rings (SSSR count). The summed E-state index contributed by atoms with van der Waals surface area (Å²) in [4.78, 5) is 38.3. The molecule has 1 heterocycles. The van der Waals surface area contributed by atoms with Crippen molar-refractivity contribution >= 4 is 26.0 Å². The van der Waals surface area contributed by atoms with Crippen molar-refractivity contribution in [3.8, 4) is 11.1 Å². The number of halogens is 2. The van der Waals surface area contributed by atoms with Crippen LogP contribution in [0.1, 0.15) is 56.5 Å². The van der Waals surface area contributed by atoms with Crippen molar-refractivity contribution < 1.29 is 32.6 Å². The summed E-state index contributed by atoms with van der Waals surface area (Å²) in [6, 6.07) is 24.3. The Labute approximate surface area is 318 Å². The number of aromatic nitrogens is 1. The van der Waals surface area contributed by atoms with E-state index in [-0.39, 0.29) is 50.1 Å². The minimum atomic E-state index is -1.42. The van der Waals surface area contributed by atoms with E-state index in [1.54, 1.807) is 0 Å². The van der Waals surface area contributed by atoms with Crippen LogP contribution in [0, 0.1) is 17.0 Å². The van der Waals surface area contributed by atoms with E-state index in [0.717, 1.165) is 35.0 Å². The predicted octanol–water partition coefficient (Wildman–Crippen LogP) is 8.23. The zero-order valence-electron chi connectivity index (χ0n) is 32.2. The monoisotopic (exact) mass is 760 g/mol. The van der Waals surface area contributed by atoms with Gasteiger partial charge in [-0.3, -0.25) is 9.59 Å². The molecule has 0 spiro atoms. The Morgan fingerprint density at radius 3 is 2.15 bits per heavy atom. The number of nitrogens with one attached hydrogen (secondary N) is 3. The van der Waals surface area contributed by atoms with Gasteiger partial charge in [-0.15, -0.1) is 0 Å². The first-order valence-corrected chi connectivity index (χ1v) is 22.1. The molecule has 0 aliphatic heterocycles. The van der Waals surface area contributed by atoms with Gasteiger partial charge in [0, 0.05) is 57.1 Å². The molecule has 0 saturated heterocycles. The lowest BCUT2D eigenvalue weighted by molar-refractivity contribution is -0.146. The molecule has 3 N–H and O–H groups in total. The maximum atomic E-state index is 15.0. The summed E-state index contributed by atoms with van der Waals surface area (Å²) in [5.41, 5.74) is 2.99. The van der Waals surface area contributed by atoms with Crippen LogP contribution >= 0.6 is 0 Å². The highest BCUT2D eigenvalue weighted by atomic mass is 28.3. The number of hydrogen-bond donors (Lipinski definition) is 3. The smallest absolute Gasteiger partial charge is 0.407 e. The minimum absolute atomic E-state index is 0.0601. The molecular weight excluding hydrogens is 707 g/mol. The van der Waals surface area contributed by atoms with Crippen LogP contribution in [0.4, 0.5) is 13.6 Å². The lowest BCUT2D eigenvalue weighted by Crippen LogP contribution is -2.50. The van der Waals surface area contributed by atoms with Gasteiger partial charge < -0.3 is 30.0 Å². The van der Waals surface area contributed by atoms with Crippen molar-refractivity contribution in [1.29, 1.82) is 0 Å². The fourth-order valence-electron chi connectivity index (χ4n) is 5.88. The number of carbonyl (C=O) groups is 3. The first-order valence-electron chi connectivity index (χ1n) is 18.4. The number of alkyl carbamates (subject to hydrolysis) is 1. The van der Waals surface area contributed by atoms with Gasteiger partial charge in [-0.25, -0.2) is 13.6 Å². The highest BCUT2D eigenvalue weighted by Gasteiger charge is 2.31. The lowest BCUT2D eigenvalue weighted by Gasteiger charge is -2.34. The molecule has 0 radical (unpaired) electrons. The van der Waals surface area contributed by atoms with Crippen molar-refractivity contribution in [1.82, 2.24) is 20.5 Å². The van der Waals surface area contributed by atoms with Crippen molar-refractivity contribution in [2.75, 3.05) is 19.7 Å². The molecule has 54 heavy (non-hydrogen) atoms. The molecule has 1 aromatic heterocycles. The quantitative estimate of drug-likeness (QED) is 0.0697. The molecule has 2 unspecified atom stereocenters. The van der Waals surface area contributed by atoms with Crippen LogP contribution in [0.3, 0.4) is 0 Å². The molecule has 0 aliphatic carbocycles. The molecule has 4 aromatic rings. The number of carbonyl (C=O) groups excluding carboxylic acids is 3. The van der Waals surface area contributed by atoms with E-state index >= 15 is 4.39 Å². The Morgan fingerprint density at radius 1 is 0.833 bits per heavy atom. The highest BCUT2D eigenvalue weighted by Crippen LogP contribution is 2.37. The fraction of sp³-hybridized carbons (Fsp3) is 0.405. The zero-order valence-corrected chi connectivity index (χ0v) is 33.2. The van der Waals surface area contributed by atoms with Crippen LogP contribution in [0.5, 0.6) is 0 Å². The van der Waals surface area contributed by atoms with Gasteiger partial charge in [0.05, 0.1) is 25.1 Å². The van der Waals surface area contributed by atoms with Gasteiger partial charge in [-0.1, -0.05) is 101 Å². The van der Waals surface area contributed by atoms with Crippen molar-refractivity contribution in [2.45, 2.75) is 84.5 Å². The van der Waals surface area contributed by atoms with Gasteiger partial charge in [0.15, 0.2) is 0 Å². The van der Waals surface area contributed by atoms with Gasteiger partial charge >= 0.3 is 12.1 Å². The molecule has 0 bridgehead atoms. The maximum Gasteiger partial charge on any atom is 0.407 e. The molecule has 12 heteroatoms. The molecule has 290 valence electrons. The second kappa shape index (κ2) is 19.5. The molecule has 0 fully saturated rings. The van der Waals surface area contributed by atoms with Crippen LogP contribution in [-0.4, -0.2) is 56.3 Å². The minimum Gasteiger partial charge on any atom is -0.461 e. The first-order chi connectivity index (χ1) is 25.6. The Hall–Kier alpha value is -4.81.